The van der Waals surface area contributed by atoms with Gasteiger partial charge in [0.1, 0.15) is 0 Å². The summed E-state index contributed by atoms with van der Waals surface area (Å²) < 4.78 is 5.83. The third-order valence-corrected chi connectivity index (χ3v) is 5.26. The highest BCUT2D eigenvalue weighted by Gasteiger charge is 2.37. The van der Waals surface area contributed by atoms with E-state index in [1.807, 2.05) is 6.07 Å². The van der Waals surface area contributed by atoms with E-state index in [0.29, 0.717) is 16.1 Å². The number of ether oxygens (including phenoxy) is 1. The van der Waals surface area contributed by atoms with Crippen LogP contribution in [-0.4, -0.2) is 42.5 Å². The number of hydrazone groups is 1. The third kappa shape index (κ3) is 2.51. The molecular formula is C15H20BrN3O2. The number of phenolic OH excluding ortho intramolecular Hbond substituents is 1. The lowest BCUT2D eigenvalue weighted by Crippen LogP contribution is -2.41. The fourth-order valence-electron chi connectivity index (χ4n) is 3.15. The standard InChI is InChI=1S/C15H20BrN3O2/c1-3-19-7-6-11-10(8-19)14(18-17-11)9-4-5-12(21-2)15(20)13(9)16/h4-5,10,14,18,20H,3,6-8H2,1-2H3. The summed E-state index contributed by atoms with van der Waals surface area (Å²) >= 11 is 3.50. The average Bonchev–Trinajstić information content (AvgIpc) is 2.92. The van der Waals surface area contributed by atoms with Crippen LogP contribution in [0.4, 0.5) is 0 Å². The van der Waals surface area contributed by atoms with Gasteiger partial charge in [0.25, 0.3) is 0 Å². The second kappa shape index (κ2) is 5.85. The molecule has 1 aromatic rings. The van der Waals surface area contributed by atoms with Gasteiger partial charge in [0.15, 0.2) is 11.5 Å². The Morgan fingerprint density at radius 2 is 2.33 bits per heavy atom. The van der Waals surface area contributed by atoms with E-state index in [1.165, 1.54) is 5.71 Å². The number of hydrogen-bond donors (Lipinski definition) is 2. The molecule has 0 saturated carbocycles. The Balaban J connectivity index is 1.90. The smallest absolute Gasteiger partial charge is 0.172 e. The van der Waals surface area contributed by atoms with Crippen LogP contribution in [0.15, 0.2) is 21.7 Å². The van der Waals surface area contributed by atoms with Crippen molar-refractivity contribution in [3.8, 4) is 11.5 Å². The molecule has 1 fully saturated rings. The van der Waals surface area contributed by atoms with Crippen LogP contribution in [0.1, 0.15) is 24.9 Å². The van der Waals surface area contributed by atoms with Crippen LogP contribution in [0.5, 0.6) is 11.5 Å². The van der Waals surface area contributed by atoms with E-state index in [1.54, 1.807) is 13.2 Å². The van der Waals surface area contributed by atoms with Crippen molar-refractivity contribution < 1.29 is 9.84 Å². The number of fused-ring (bicyclic) bond motifs is 1. The van der Waals surface area contributed by atoms with Crippen LogP contribution in [0.2, 0.25) is 0 Å². The van der Waals surface area contributed by atoms with Gasteiger partial charge in [-0.05, 0) is 34.1 Å². The number of phenols is 1. The Kier molecular flexibility index (Phi) is 4.08. The monoisotopic (exact) mass is 353 g/mol. The van der Waals surface area contributed by atoms with Crippen LogP contribution >= 0.6 is 15.9 Å². The van der Waals surface area contributed by atoms with E-state index in [2.05, 4.69) is 38.3 Å². The Bertz CT molecular complexity index is 576. The number of hydrogen-bond acceptors (Lipinski definition) is 5. The Morgan fingerprint density at radius 1 is 1.52 bits per heavy atom. The highest BCUT2D eigenvalue weighted by atomic mass is 79.9. The van der Waals surface area contributed by atoms with Crippen molar-refractivity contribution in [1.82, 2.24) is 10.3 Å². The van der Waals surface area contributed by atoms with E-state index in [4.69, 9.17) is 4.74 Å². The predicted molar refractivity (Wildman–Crippen MR) is 85.9 cm³/mol. The van der Waals surface area contributed by atoms with Crippen molar-refractivity contribution in [1.29, 1.82) is 0 Å². The quantitative estimate of drug-likeness (QED) is 0.876. The van der Waals surface area contributed by atoms with Crippen LogP contribution in [0.3, 0.4) is 0 Å². The summed E-state index contributed by atoms with van der Waals surface area (Å²) in [6.07, 6.45) is 1.02. The number of methoxy groups -OCH3 is 1. The van der Waals surface area contributed by atoms with Crippen molar-refractivity contribution >= 4 is 21.6 Å². The molecule has 6 heteroatoms. The molecule has 5 nitrogen and oxygen atoms in total. The Hall–Kier alpha value is -1.27. The number of aromatic hydroxyl groups is 1. The molecule has 0 spiro atoms. The number of piperidine rings is 1. The van der Waals surface area contributed by atoms with Gasteiger partial charge < -0.3 is 20.2 Å². The molecule has 0 radical (unpaired) electrons. The van der Waals surface area contributed by atoms with Crippen LogP contribution < -0.4 is 10.2 Å². The van der Waals surface area contributed by atoms with Crippen molar-refractivity contribution in [2.24, 2.45) is 11.0 Å². The second-order valence-corrected chi connectivity index (χ2v) is 6.27. The van der Waals surface area contributed by atoms with E-state index in [0.717, 1.165) is 31.6 Å². The molecule has 0 amide bonds. The molecular weight excluding hydrogens is 334 g/mol. The van der Waals surface area contributed by atoms with Gasteiger partial charge in [-0.2, -0.15) is 5.10 Å². The molecule has 2 unspecified atom stereocenters. The summed E-state index contributed by atoms with van der Waals surface area (Å²) in [5.41, 5.74) is 5.51. The summed E-state index contributed by atoms with van der Waals surface area (Å²) in [6.45, 7) is 5.33. The first-order valence-electron chi connectivity index (χ1n) is 7.25. The van der Waals surface area contributed by atoms with Gasteiger partial charge in [-0.25, -0.2) is 0 Å². The number of nitrogens with one attached hydrogen (secondary N) is 1. The summed E-state index contributed by atoms with van der Waals surface area (Å²) in [4.78, 5) is 2.45. The zero-order valence-electron chi connectivity index (χ0n) is 12.3. The molecule has 0 aliphatic carbocycles. The van der Waals surface area contributed by atoms with Crippen LogP contribution in [-0.2, 0) is 0 Å². The third-order valence-electron chi connectivity index (χ3n) is 4.43. The molecule has 21 heavy (non-hydrogen) atoms. The molecule has 1 aromatic carbocycles. The first-order valence-corrected chi connectivity index (χ1v) is 8.04. The van der Waals surface area contributed by atoms with Crippen molar-refractivity contribution in [3.63, 3.8) is 0 Å². The highest BCUT2D eigenvalue weighted by Crippen LogP contribution is 2.42. The maximum absolute atomic E-state index is 10.2. The fourth-order valence-corrected chi connectivity index (χ4v) is 3.73. The number of halogens is 1. The minimum Gasteiger partial charge on any atom is -0.503 e. The average molecular weight is 354 g/mol. The molecule has 2 aliphatic heterocycles. The van der Waals surface area contributed by atoms with Gasteiger partial charge in [-0.15, -0.1) is 0 Å². The topological polar surface area (TPSA) is 57.1 Å². The van der Waals surface area contributed by atoms with Gasteiger partial charge >= 0.3 is 0 Å². The van der Waals surface area contributed by atoms with E-state index in [9.17, 15) is 5.11 Å². The molecule has 2 aliphatic rings. The minimum atomic E-state index is 0.0977. The molecule has 3 rings (SSSR count). The fraction of sp³-hybridized carbons (Fsp3) is 0.533. The summed E-state index contributed by atoms with van der Waals surface area (Å²) in [7, 11) is 1.55. The van der Waals surface area contributed by atoms with Crippen LogP contribution in [0.25, 0.3) is 0 Å². The molecule has 114 valence electrons. The maximum atomic E-state index is 10.2. The number of nitrogens with zero attached hydrogens (tertiary/aromatic N) is 2. The van der Waals surface area contributed by atoms with Crippen molar-refractivity contribution in [2.45, 2.75) is 19.4 Å². The van der Waals surface area contributed by atoms with Crippen LogP contribution in [0, 0.1) is 5.92 Å². The van der Waals surface area contributed by atoms with E-state index >= 15 is 0 Å². The second-order valence-electron chi connectivity index (χ2n) is 5.48. The lowest BCUT2D eigenvalue weighted by Gasteiger charge is -2.33. The molecule has 2 N–H and O–H groups in total. The van der Waals surface area contributed by atoms with Gasteiger partial charge in [0.05, 0.1) is 17.6 Å². The summed E-state index contributed by atoms with van der Waals surface area (Å²) in [6, 6.07) is 3.89. The summed E-state index contributed by atoms with van der Waals surface area (Å²) in [5, 5.41) is 14.7. The lowest BCUT2D eigenvalue weighted by atomic mass is 9.86. The predicted octanol–water partition coefficient (Wildman–Crippen LogP) is 2.51. The Morgan fingerprint density at radius 3 is 3.05 bits per heavy atom. The normalized spacial score (nSPS) is 25.2. The van der Waals surface area contributed by atoms with Gasteiger partial charge in [-0.1, -0.05) is 13.0 Å². The van der Waals surface area contributed by atoms with E-state index < -0.39 is 0 Å². The van der Waals surface area contributed by atoms with E-state index in [-0.39, 0.29) is 11.8 Å². The first kappa shape index (κ1) is 14.7. The summed E-state index contributed by atoms with van der Waals surface area (Å²) in [5.74, 6) is 0.986. The zero-order chi connectivity index (χ0) is 15.0. The maximum Gasteiger partial charge on any atom is 0.172 e. The van der Waals surface area contributed by atoms with Gasteiger partial charge in [0, 0.05) is 31.1 Å². The lowest BCUT2D eigenvalue weighted by molar-refractivity contribution is 0.238. The SMILES string of the molecule is CCN1CCC2=NNC(c3ccc(OC)c(O)c3Br)C2C1. The van der Waals surface area contributed by atoms with Crippen molar-refractivity contribution in [3.05, 3.63) is 22.2 Å². The molecule has 2 heterocycles. The molecule has 2 atom stereocenters. The molecule has 1 saturated heterocycles. The van der Waals surface area contributed by atoms with Crippen molar-refractivity contribution in [2.75, 3.05) is 26.7 Å². The molecule has 0 aromatic heterocycles. The number of rotatable bonds is 3. The van der Waals surface area contributed by atoms with Gasteiger partial charge in [-0.3, -0.25) is 0 Å². The first-order chi connectivity index (χ1) is 10.2. The van der Waals surface area contributed by atoms with Gasteiger partial charge in [0.2, 0.25) is 0 Å². The zero-order valence-corrected chi connectivity index (χ0v) is 13.9. The minimum absolute atomic E-state index is 0.0977. The Labute approximate surface area is 133 Å². The largest absolute Gasteiger partial charge is 0.503 e. The number of likely N-dealkylation sites (tertiary alicyclic amines) is 1. The highest BCUT2D eigenvalue weighted by molar-refractivity contribution is 9.10. The molecule has 0 bridgehead atoms. The number of benzene rings is 1.